The van der Waals surface area contributed by atoms with Gasteiger partial charge in [-0.05, 0) is 32.4 Å². The van der Waals surface area contributed by atoms with E-state index in [2.05, 4.69) is 5.32 Å². The maximum Gasteiger partial charge on any atom is 0.338 e. The zero-order valence-electron chi connectivity index (χ0n) is 15.4. The molecule has 0 aliphatic carbocycles. The number of hydrogen-bond donors (Lipinski definition) is 1. The fourth-order valence-corrected chi connectivity index (χ4v) is 5.97. The fourth-order valence-electron chi connectivity index (χ4n) is 3.65. The number of esters is 1. The van der Waals surface area contributed by atoms with E-state index in [-0.39, 0.29) is 23.7 Å². The first kappa shape index (κ1) is 21.0. The summed E-state index contributed by atoms with van der Waals surface area (Å²) in [5.74, 6) is -0.763. The molecule has 1 N–H and O–H groups in total. The number of allylic oxidation sites excluding steroid dienone is 1. The molecule has 3 rings (SSSR count). The maximum atomic E-state index is 12.9. The molecule has 2 atom stereocenters. The molecule has 0 saturated carbocycles. The Morgan fingerprint density at radius 2 is 1.96 bits per heavy atom. The number of ether oxygens (including phenoxy) is 1. The van der Waals surface area contributed by atoms with Gasteiger partial charge >= 0.3 is 12.0 Å². The van der Waals surface area contributed by atoms with Gasteiger partial charge in [-0.3, -0.25) is 4.90 Å². The number of carbonyl (C=O) groups is 2. The van der Waals surface area contributed by atoms with E-state index in [1.165, 1.54) is 4.90 Å². The molecule has 2 amide bonds. The molecule has 10 heteroatoms. The van der Waals surface area contributed by atoms with Gasteiger partial charge in [0.05, 0.1) is 35.8 Å². The van der Waals surface area contributed by atoms with Crippen LogP contribution >= 0.6 is 23.2 Å². The highest BCUT2D eigenvalue weighted by Crippen LogP contribution is 2.39. The minimum Gasteiger partial charge on any atom is -0.463 e. The molecular formula is C18H20Cl2N2O5S. The molecular weight excluding hydrogens is 427 g/mol. The minimum absolute atomic E-state index is 0.00321. The van der Waals surface area contributed by atoms with Gasteiger partial charge in [-0.2, -0.15) is 0 Å². The van der Waals surface area contributed by atoms with Crippen LogP contribution in [0, 0.1) is 0 Å². The summed E-state index contributed by atoms with van der Waals surface area (Å²) in [4.78, 5) is 27.0. The summed E-state index contributed by atoms with van der Waals surface area (Å²) in [5.41, 5.74) is 0.909. The van der Waals surface area contributed by atoms with E-state index in [0.717, 1.165) is 0 Å². The third kappa shape index (κ3) is 3.86. The van der Waals surface area contributed by atoms with Crippen LogP contribution in [0.2, 0.25) is 10.0 Å². The first-order valence-corrected chi connectivity index (χ1v) is 11.4. The number of urea groups is 1. The van der Waals surface area contributed by atoms with Gasteiger partial charge in [-0.25, -0.2) is 18.0 Å². The molecule has 2 heterocycles. The molecule has 2 aliphatic heterocycles. The average molecular weight is 447 g/mol. The Hall–Kier alpha value is -1.77. The van der Waals surface area contributed by atoms with Crippen LogP contribution in [-0.2, 0) is 19.4 Å². The zero-order chi connectivity index (χ0) is 20.6. The van der Waals surface area contributed by atoms with E-state index >= 15 is 0 Å². The van der Waals surface area contributed by atoms with Gasteiger partial charge in [0, 0.05) is 21.3 Å². The monoisotopic (exact) mass is 446 g/mol. The van der Waals surface area contributed by atoms with Crippen LogP contribution < -0.4 is 5.32 Å². The lowest BCUT2D eigenvalue weighted by Gasteiger charge is -2.38. The van der Waals surface area contributed by atoms with Gasteiger partial charge in [0.1, 0.15) is 0 Å². The third-order valence-electron chi connectivity index (χ3n) is 4.88. The second kappa shape index (κ2) is 7.93. The van der Waals surface area contributed by atoms with Crippen LogP contribution in [0.15, 0.2) is 29.5 Å². The lowest BCUT2D eigenvalue weighted by atomic mass is 9.94. The van der Waals surface area contributed by atoms with Crippen molar-refractivity contribution in [1.82, 2.24) is 10.2 Å². The Kier molecular flexibility index (Phi) is 5.93. The summed E-state index contributed by atoms with van der Waals surface area (Å²) in [6.07, 6.45) is 0.306. The van der Waals surface area contributed by atoms with Crippen molar-refractivity contribution in [1.29, 1.82) is 0 Å². The van der Waals surface area contributed by atoms with Crippen LogP contribution in [0.4, 0.5) is 4.79 Å². The molecule has 0 bridgehead atoms. The average Bonchev–Trinajstić information content (AvgIpc) is 2.94. The Balaban J connectivity index is 2.12. The molecule has 152 valence electrons. The van der Waals surface area contributed by atoms with Crippen molar-refractivity contribution < 1.29 is 22.7 Å². The summed E-state index contributed by atoms with van der Waals surface area (Å²) < 4.78 is 29.0. The summed E-state index contributed by atoms with van der Waals surface area (Å²) in [6.45, 7) is 3.42. The first-order chi connectivity index (χ1) is 13.2. The van der Waals surface area contributed by atoms with Gasteiger partial charge < -0.3 is 10.1 Å². The quantitative estimate of drug-likeness (QED) is 0.717. The number of rotatable bonds is 4. The molecule has 0 radical (unpaired) electrons. The fraction of sp³-hybridized carbons (Fsp3) is 0.444. The number of hydrogen-bond acceptors (Lipinski definition) is 5. The van der Waals surface area contributed by atoms with Crippen molar-refractivity contribution in [3.63, 3.8) is 0 Å². The molecule has 0 aromatic heterocycles. The van der Waals surface area contributed by atoms with Gasteiger partial charge in [0.2, 0.25) is 0 Å². The van der Waals surface area contributed by atoms with Crippen LogP contribution in [0.3, 0.4) is 0 Å². The second-order valence-corrected chi connectivity index (χ2v) is 9.71. The highest BCUT2D eigenvalue weighted by atomic mass is 35.5. The molecule has 1 aromatic carbocycles. The van der Waals surface area contributed by atoms with Crippen LogP contribution in [-0.4, -0.2) is 49.5 Å². The predicted molar refractivity (Wildman–Crippen MR) is 106 cm³/mol. The Morgan fingerprint density at radius 3 is 2.50 bits per heavy atom. The van der Waals surface area contributed by atoms with Crippen molar-refractivity contribution in [2.45, 2.75) is 32.4 Å². The number of benzene rings is 1. The molecule has 1 aromatic rings. The van der Waals surface area contributed by atoms with Gasteiger partial charge in [0.25, 0.3) is 0 Å². The highest BCUT2D eigenvalue weighted by molar-refractivity contribution is 7.91. The summed E-state index contributed by atoms with van der Waals surface area (Å²) in [7, 11) is -3.22. The van der Waals surface area contributed by atoms with E-state index in [1.807, 2.05) is 0 Å². The number of carbonyl (C=O) groups excluding carboxylic acids is 2. The number of amides is 2. The Bertz CT molecular complexity index is 940. The van der Waals surface area contributed by atoms with Crippen molar-refractivity contribution in [3.8, 4) is 0 Å². The second-order valence-electron chi connectivity index (χ2n) is 6.66. The number of nitrogens with one attached hydrogen (secondary N) is 1. The van der Waals surface area contributed by atoms with E-state index < -0.39 is 33.9 Å². The minimum atomic E-state index is -3.22. The molecule has 7 nitrogen and oxygen atoms in total. The van der Waals surface area contributed by atoms with E-state index in [0.29, 0.717) is 27.7 Å². The zero-order valence-corrected chi connectivity index (χ0v) is 17.7. The molecule has 0 spiro atoms. The predicted octanol–water partition coefficient (Wildman–Crippen LogP) is 3.08. The van der Waals surface area contributed by atoms with Crippen LogP contribution in [0.1, 0.15) is 31.9 Å². The largest absolute Gasteiger partial charge is 0.463 e. The van der Waals surface area contributed by atoms with Crippen molar-refractivity contribution in [2.24, 2.45) is 0 Å². The molecule has 28 heavy (non-hydrogen) atoms. The summed E-state index contributed by atoms with van der Waals surface area (Å²) >= 11 is 12.6. The number of sulfone groups is 1. The summed E-state index contributed by atoms with van der Waals surface area (Å²) in [5, 5.41) is 3.34. The summed E-state index contributed by atoms with van der Waals surface area (Å²) in [6, 6.07) is 2.94. The van der Waals surface area contributed by atoms with Gasteiger partial charge in [-0.15, -0.1) is 0 Å². The first-order valence-electron chi connectivity index (χ1n) is 8.78. The Morgan fingerprint density at radius 1 is 1.32 bits per heavy atom. The smallest absolute Gasteiger partial charge is 0.338 e. The lowest BCUT2D eigenvalue weighted by Crippen LogP contribution is -2.52. The van der Waals surface area contributed by atoms with E-state index in [9.17, 15) is 18.0 Å². The van der Waals surface area contributed by atoms with E-state index in [1.54, 1.807) is 32.0 Å². The molecule has 1 saturated heterocycles. The molecule has 2 aliphatic rings. The number of nitrogens with zero attached hydrogens (tertiary/aromatic N) is 1. The Labute approximate surface area is 173 Å². The normalized spacial score (nSPS) is 24.3. The van der Waals surface area contributed by atoms with Gasteiger partial charge in [-0.1, -0.05) is 29.3 Å². The highest BCUT2D eigenvalue weighted by Gasteiger charge is 2.43. The van der Waals surface area contributed by atoms with Crippen molar-refractivity contribution in [3.05, 3.63) is 45.1 Å². The van der Waals surface area contributed by atoms with Gasteiger partial charge in [0.15, 0.2) is 9.84 Å². The van der Waals surface area contributed by atoms with Crippen molar-refractivity contribution in [2.75, 3.05) is 18.1 Å². The van der Waals surface area contributed by atoms with E-state index in [4.69, 9.17) is 27.9 Å². The SMILES string of the molecule is CCOC(=O)C1=C(C)N([C@@H]2CCS(=O)(=O)C2)C(=O)N[C@@H]1c1c(Cl)cccc1Cl. The lowest BCUT2D eigenvalue weighted by molar-refractivity contribution is -0.139. The standard InChI is InChI=1S/C18H20Cl2N2O5S/c1-3-27-17(23)14-10(2)22(11-7-8-28(25,26)9-11)18(24)21-16(14)15-12(19)5-4-6-13(15)20/h4-6,11,16H,3,7-9H2,1-2H3,(H,21,24)/t11-,16+/m1/s1. The van der Waals surface area contributed by atoms with Crippen LogP contribution in [0.5, 0.6) is 0 Å². The van der Waals surface area contributed by atoms with Crippen LogP contribution in [0.25, 0.3) is 0 Å². The molecule has 1 fully saturated rings. The maximum absolute atomic E-state index is 12.9. The van der Waals surface area contributed by atoms with Crippen molar-refractivity contribution >= 4 is 45.0 Å². The third-order valence-corrected chi connectivity index (χ3v) is 7.29. The molecule has 0 unspecified atom stereocenters. The topological polar surface area (TPSA) is 92.8 Å². The number of halogens is 2.